The second-order valence-corrected chi connectivity index (χ2v) is 4.84. The van der Waals surface area contributed by atoms with Crippen LogP contribution in [0.2, 0.25) is 0 Å². The minimum absolute atomic E-state index is 0.0417. The molecule has 1 N–H and O–H groups in total. The zero-order chi connectivity index (χ0) is 9.28. The molecule has 0 aromatic rings. The van der Waals surface area contributed by atoms with Crippen molar-refractivity contribution in [2.45, 2.75) is 52.6 Å². The highest BCUT2D eigenvalue weighted by atomic mass is 15.2. The van der Waals surface area contributed by atoms with Crippen molar-refractivity contribution in [2.75, 3.05) is 0 Å². The van der Waals surface area contributed by atoms with Gasteiger partial charge in [-0.25, -0.2) is 0 Å². The molecule has 0 radical (unpaired) electrons. The van der Waals surface area contributed by atoms with Crippen LogP contribution in [0.4, 0.5) is 0 Å². The number of hydrogen-bond donors (Lipinski definition) is 1. The predicted molar refractivity (Wildman–Crippen MR) is 50.1 cm³/mol. The van der Waals surface area contributed by atoms with Crippen molar-refractivity contribution in [1.82, 2.24) is 4.90 Å². The van der Waals surface area contributed by atoms with E-state index in [1.165, 1.54) is 6.34 Å². The molecule has 66 valence electrons. The summed E-state index contributed by atoms with van der Waals surface area (Å²) in [6.45, 7) is 12.7. The Bertz CT molecular complexity index is 123. The van der Waals surface area contributed by atoms with Crippen molar-refractivity contribution in [3.05, 3.63) is 0 Å². The third-order valence-corrected chi connectivity index (χ3v) is 1.57. The largest absolute Gasteiger partial charge is 0.353 e. The first-order valence-electron chi connectivity index (χ1n) is 3.99. The molecule has 0 aromatic heterocycles. The van der Waals surface area contributed by atoms with Gasteiger partial charge in [0.1, 0.15) is 0 Å². The molecule has 0 fully saturated rings. The van der Waals surface area contributed by atoms with E-state index in [1.807, 2.05) is 4.90 Å². The summed E-state index contributed by atoms with van der Waals surface area (Å²) in [6, 6.07) is 0. The topological polar surface area (TPSA) is 27.1 Å². The second kappa shape index (κ2) is 2.84. The molecule has 0 heterocycles. The van der Waals surface area contributed by atoms with Crippen LogP contribution < -0.4 is 0 Å². The summed E-state index contributed by atoms with van der Waals surface area (Å²) >= 11 is 0. The van der Waals surface area contributed by atoms with Gasteiger partial charge in [0.15, 0.2) is 0 Å². The lowest BCUT2D eigenvalue weighted by Crippen LogP contribution is -2.51. The van der Waals surface area contributed by atoms with Crippen LogP contribution in [0.15, 0.2) is 0 Å². The van der Waals surface area contributed by atoms with Crippen LogP contribution in [0.3, 0.4) is 0 Å². The van der Waals surface area contributed by atoms with E-state index in [1.54, 1.807) is 0 Å². The monoisotopic (exact) mass is 156 g/mol. The maximum Gasteiger partial charge on any atom is 0.0826 e. The Balaban J connectivity index is 4.56. The Morgan fingerprint density at radius 2 is 1.18 bits per heavy atom. The Hall–Kier alpha value is -0.530. The fourth-order valence-corrected chi connectivity index (χ4v) is 1.39. The predicted octanol–water partition coefficient (Wildman–Crippen LogP) is 2.49. The SMILES string of the molecule is CC(C)(C)N(C=N)C(C)(C)C. The normalized spacial score (nSPS) is 12.9. The van der Waals surface area contributed by atoms with Crippen LogP contribution >= 0.6 is 0 Å². The lowest BCUT2D eigenvalue weighted by molar-refractivity contribution is 0.130. The molecule has 0 rings (SSSR count). The number of nitrogens with zero attached hydrogens (tertiary/aromatic N) is 1. The van der Waals surface area contributed by atoms with Crippen LogP contribution in [0.25, 0.3) is 0 Å². The summed E-state index contributed by atoms with van der Waals surface area (Å²) < 4.78 is 0. The van der Waals surface area contributed by atoms with Gasteiger partial charge in [-0.15, -0.1) is 0 Å². The van der Waals surface area contributed by atoms with Crippen molar-refractivity contribution >= 4 is 6.34 Å². The molecule has 2 heteroatoms. The molecule has 0 aromatic carbocycles. The highest BCUT2D eigenvalue weighted by Crippen LogP contribution is 2.21. The Morgan fingerprint density at radius 3 is 1.18 bits per heavy atom. The first-order chi connectivity index (χ1) is 4.69. The third-order valence-electron chi connectivity index (χ3n) is 1.57. The molecular formula is C9H20N2. The molecule has 0 saturated heterocycles. The number of rotatable bonds is 1. The van der Waals surface area contributed by atoms with Crippen molar-refractivity contribution < 1.29 is 0 Å². The van der Waals surface area contributed by atoms with E-state index in [2.05, 4.69) is 41.5 Å². The average molecular weight is 156 g/mol. The summed E-state index contributed by atoms with van der Waals surface area (Å²) in [7, 11) is 0. The molecular weight excluding hydrogens is 136 g/mol. The summed E-state index contributed by atoms with van der Waals surface area (Å²) in [5, 5.41) is 7.27. The first kappa shape index (κ1) is 10.5. The van der Waals surface area contributed by atoms with Gasteiger partial charge in [-0.05, 0) is 41.5 Å². The second-order valence-electron chi connectivity index (χ2n) is 4.84. The molecule has 2 nitrogen and oxygen atoms in total. The molecule has 0 saturated carbocycles. The average Bonchev–Trinajstić information content (AvgIpc) is 1.56. The number of hydrogen-bond acceptors (Lipinski definition) is 1. The van der Waals surface area contributed by atoms with E-state index < -0.39 is 0 Å². The maximum atomic E-state index is 7.27. The molecule has 0 amide bonds. The van der Waals surface area contributed by atoms with Crippen LogP contribution in [0.5, 0.6) is 0 Å². The van der Waals surface area contributed by atoms with Crippen molar-refractivity contribution in [3.8, 4) is 0 Å². The first-order valence-corrected chi connectivity index (χ1v) is 3.99. The Labute approximate surface area is 70.1 Å². The van der Waals surface area contributed by atoms with Gasteiger partial charge in [0.2, 0.25) is 0 Å². The molecule has 0 aliphatic carbocycles. The smallest absolute Gasteiger partial charge is 0.0826 e. The van der Waals surface area contributed by atoms with E-state index >= 15 is 0 Å². The maximum absolute atomic E-state index is 7.27. The highest BCUT2D eigenvalue weighted by Gasteiger charge is 2.28. The van der Waals surface area contributed by atoms with Crippen molar-refractivity contribution in [1.29, 1.82) is 5.41 Å². The number of nitrogens with one attached hydrogen (secondary N) is 1. The molecule has 0 aliphatic heterocycles. The fraction of sp³-hybridized carbons (Fsp3) is 0.889. The summed E-state index contributed by atoms with van der Waals surface area (Å²) in [5.41, 5.74) is 0.0833. The highest BCUT2D eigenvalue weighted by molar-refractivity contribution is 5.53. The zero-order valence-corrected chi connectivity index (χ0v) is 8.52. The van der Waals surface area contributed by atoms with Crippen LogP contribution in [0, 0.1) is 5.41 Å². The minimum atomic E-state index is 0.0417. The van der Waals surface area contributed by atoms with Gasteiger partial charge < -0.3 is 4.90 Å². The standard InChI is InChI=1S/C9H20N2/c1-8(2,3)11(7-10)9(4,5)6/h7,10H,1-6H3. The molecule has 0 aliphatic rings. The molecule has 0 bridgehead atoms. The van der Waals surface area contributed by atoms with E-state index in [-0.39, 0.29) is 11.1 Å². The van der Waals surface area contributed by atoms with Crippen molar-refractivity contribution in [2.24, 2.45) is 0 Å². The molecule has 0 unspecified atom stereocenters. The van der Waals surface area contributed by atoms with E-state index in [4.69, 9.17) is 5.41 Å². The molecule has 11 heavy (non-hydrogen) atoms. The summed E-state index contributed by atoms with van der Waals surface area (Å²) in [4.78, 5) is 2.04. The Kier molecular flexibility index (Phi) is 2.70. The van der Waals surface area contributed by atoms with Gasteiger partial charge in [0, 0.05) is 11.1 Å². The lowest BCUT2D eigenvalue weighted by Gasteiger charge is -2.43. The van der Waals surface area contributed by atoms with Crippen molar-refractivity contribution in [3.63, 3.8) is 0 Å². The summed E-state index contributed by atoms with van der Waals surface area (Å²) in [5.74, 6) is 0. The third kappa shape index (κ3) is 2.91. The van der Waals surface area contributed by atoms with Gasteiger partial charge in [-0.2, -0.15) is 0 Å². The quantitative estimate of drug-likeness (QED) is 0.458. The Morgan fingerprint density at radius 1 is 0.909 bits per heavy atom. The van der Waals surface area contributed by atoms with Gasteiger partial charge in [0.05, 0.1) is 6.34 Å². The fourth-order valence-electron chi connectivity index (χ4n) is 1.39. The van der Waals surface area contributed by atoms with Gasteiger partial charge in [-0.3, -0.25) is 5.41 Å². The van der Waals surface area contributed by atoms with Crippen LogP contribution in [0.1, 0.15) is 41.5 Å². The van der Waals surface area contributed by atoms with Gasteiger partial charge in [-0.1, -0.05) is 0 Å². The van der Waals surface area contributed by atoms with Gasteiger partial charge in [0.25, 0.3) is 0 Å². The van der Waals surface area contributed by atoms with E-state index in [0.717, 1.165) is 0 Å². The van der Waals surface area contributed by atoms with Gasteiger partial charge >= 0.3 is 0 Å². The molecule has 0 spiro atoms. The van der Waals surface area contributed by atoms with Crippen LogP contribution in [-0.4, -0.2) is 22.3 Å². The van der Waals surface area contributed by atoms with Crippen LogP contribution in [-0.2, 0) is 0 Å². The van der Waals surface area contributed by atoms with E-state index in [9.17, 15) is 0 Å². The lowest BCUT2D eigenvalue weighted by atomic mass is 9.97. The zero-order valence-electron chi connectivity index (χ0n) is 8.52. The minimum Gasteiger partial charge on any atom is -0.353 e. The van der Waals surface area contributed by atoms with E-state index in [0.29, 0.717) is 0 Å². The molecule has 0 atom stereocenters. The summed E-state index contributed by atoms with van der Waals surface area (Å²) in [6.07, 6.45) is 1.42.